The van der Waals surface area contributed by atoms with Gasteiger partial charge in [-0.15, -0.1) is 11.3 Å². The van der Waals surface area contributed by atoms with Crippen LogP contribution in [0.15, 0.2) is 5.38 Å². The number of imide groups is 1. The fourth-order valence-electron chi connectivity index (χ4n) is 3.06. The zero-order valence-electron chi connectivity index (χ0n) is 13.3. The van der Waals surface area contributed by atoms with E-state index in [-0.39, 0.29) is 30.9 Å². The Kier molecular flexibility index (Phi) is 4.34. The number of amides is 4. The van der Waals surface area contributed by atoms with Gasteiger partial charge in [0.25, 0.3) is 5.91 Å². The van der Waals surface area contributed by atoms with E-state index in [9.17, 15) is 14.4 Å². The first-order chi connectivity index (χ1) is 11.0. The summed E-state index contributed by atoms with van der Waals surface area (Å²) in [7, 11) is 1.56. The van der Waals surface area contributed by atoms with E-state index < -0.39 is 6.03 Å². The Morgan fingerprint density at radius 1 is 1.39 bits per heavy atom. The zero-order chi connectivity index (χ0) is 16.6. The molecule has 124 valence electrons. The highest BCUT2D eigenvalue weighted by atomic mass is 32.1. The molecule has 0 saturated carbocycles. The van der Waals surface area contributed by atoms with Crippen LogP contribution >= 0.6 is 11.3 Å². The van der Waals surface area contributed by atoms with Crippen LogP contribution in [0.25, 0.3) is 0 Å². The molecule has 0 radical (unpaired) electrons. The van der Waals surface area contributed by atoms with Gasteiger partial charge in [-0.2, -0.15) is 0 Å². The molecule has 3 rings (SSSR count). The maximum absolute atomic E-state index is 12.7. The van der Waals surface area contributed by atoms with Crippen molar-refractivity contribution in [3.8, 4) is 0 Å². The van der Waals surface area contributed by atoms with Gasteiger partial charge in [-0.05, 0) is 26.2 Å². The quantitative estimate of drug-likeness (QED) is 0.782. The molecule has 0 unspecified atom stereocenters. The van der Waals surface area contributed by atoms with Crippen LogP contribution in [-0.2, 0) is 9.59 Å². The molecule has 0 aliphatic carbocycles. The minimum atomic E-state index is -0.401. The Hall–Kier alpha value is -1.96. The van der Waals surface area contributed by atoms with E-state index in [4.69, 9.17) is 0 Å². The molecule has 2 saturated heterocycles. The summed E-state index contributed by atoms with van der Waals surface area (Å²) >= 11 is 1.56. The number of carbonyl (C=O) groups excluding carboxylic acids is 3. The number of piperidine rings is 1. The van der Waals surface area contributed by atoms with Gasteiger partial charge in [0.15, 0.2) is 0 Å². The van der Waals surface area contributed by atoms with Gasteiger partial charge in [0.1, 0.15) is 18.1 Å². The minimum Gasteiger partial charge on any atom is -0.332 e. The summed E-state index contributed by atoms with van der Waals surface area (Å²) in [6, 6.07) is -0.442. The molecule has 0 N–H and O–H groups in total. The molecule has 2 aliphatic heterocycles. The predicted octanol–water partition coefficient (Wildman–Crippen LogP) is 1.40. The van der Waals surface area contributed by atoms with E-state index in [0.717, 1.165) is 34.9 Å². The maximum Gasteiger partial charge on any atom is 0.327 e. The highest BCUT2D eigenvalue weighted by Gasteiger charge is 2.37. The van der Waals surface area contributed by atoms with Crippen molar-refractivity contribution in [1.82, 2.24) is 19.7 Å². The number of likely N-dealkylation sites (N-methyl/N-ethyl adjacent to an activating group) is 1. The van der Waals surface area contributed by atoms with Crippen LogP contribution in [0.3, 0.4) is 0 Å². The first-order valence-corrected chi connectivity index (χ1v) is 8.62. The molecular formula is C15H20N4O3S. The molecule has 3 heterocycles. The van der Waals surface area contributed by atoms with Crippen molar-refractivity contribution in [2.45, 2.75) is 32.2 Å². The van der Waals surface area contributed by atoms with Gasteiger partial charge in [-0.1, -0.05) is 0 Å². The van der Waals surface area contributed by atoms with Crippen molar-refractivity contribution in [2.75, 3.05) is 26.7 Å². The third kappa shape index (κ3) is 3.08. The topological polar surface area (TPSA) is 73.8 Å². The summed E-state index contributed by atoms with van der Waals surface area (Å²) in [5.74, 6) is -0.496. The van der Waals surface area contributed by atoms with Crippen molar-refractivity contribution >= 4 is 29.2 Å². The molecule has 1 aromatic rings. The molecule has 4 amide bonds. The monoisotopic (exact) mass is 336 g/mol. The number of thiazole rings is 1. The fraction of sp³-hybridized carbons (Fsp3) is 0.600. The first kappa shape index (κ1) is 15.9. The predicted molar refractivity (Wildman–Crippen MR) is 84.9 cm³/mol. The minimum absolute atomic E-state index is 0.0412. The number of hydrogen-bond donors (Lipinski definition) is 0. The van der Waals surface area contributed by atoms with Crippen LogP contribution in [0.4, 0.5) is 4.79 Å². The van der Waals surface area contributed by atoms with Crippen molar-refractivity contribution in [2.24, 2.45) is 0 Å². The molecule has 1 aromatic heterocycles. The van der Waals surface area contributed by atoms with E-state index in [0.29, 0.717) is 6.54 Å². The molecule has 23 heavy (non-hydrogen) atoms. The number of hydrogen-bond acceptors (Lipinski definition) is 5. The molecule has 0 bridgehead atoms. The number of aryl methyl sites for hydroxylation is 1. The SMILES string of the molecule is Cc1csc([C@H]2CCCCN2C(=O)CN2C(=O)CN(C)C2=O)n1. The maximum atomic E-state index is 12.7. The van der Waals surface area contributed by atoms with Gasteiger partial charge in [0, 0.05) is 24.7 Å². The number of urea groups is 1. The van der Waals surface area contributed by atoms with Crippen molar-refractivity contribution in [1.29, 1.82) is 0 Å². The van der Waals surface area contributed by atoms with Gasteiger partial charge < -0.3 is 9.80 Å². The van der Waals surface area contributed by atoms with Crippen LogP contribution in [0.5, 0.6) is 0 Å². The molecule has 0 spiro atoms. The second kappa shape index (κ2) is 6.27. The number of nitrogens with zero attached hydrogens (tertiary/aromatic N) is 4. The van der Waals surface area contributed by atoms with E-state index in [1.54, 1.807) is 23.3 Å². The standard InChI is InChI=1S/C15H20N4O3S/c1-10-9-23-14(16-10)11-5-3-4-6-18(11)13(21)8-19-12(20)7-17(2)15(19)22/h9,11H,3-8H2,1-2H3/t11-/m1/s1. The van der Waals surface area contributed by atoms with Gasteiger partial charge in [0.05, 0.1) is 6.04 Å². The summed E-state index contributed by atoms with van der Waals surface area (Å²) in [5.41, 5.74) is 0.953. The molecule has 8 heteroatoms. The molecule has 1 atom stereocenters. The lowest BCUT2D eigenvalue weighted by Crippen LogP contribution is -2.46. The van der Waals surface area contributed by atoms with Crippen LogP contribution in [-0.4, -0.2) is 64.2 Å². The second-order valence-corrected chi connectivity index (χ2v) is 6.93. The summed E-state index contributed by atoms with van der Waals surface area (Å²) < 4.78 is 0. The molecule has 0 aromatic carbocycles. The third-order valence-electron chi connectivity index (χ3n) is 4.27. The van der Waals surface area contributed by atoms with Crippen molar-refractivity contribution in [3.63, 3.8) is 0 Å². The molecule has 2 aliphatic rings. The molecule has 2 fully saturated rings. The van der Waals surface area contributed by atoms with E-state index in [1.165, 1.54) is 4.90 Å². The Labute approximate surface area is 138 Å². The summed E-state index contributed by atoms with van der Waals surface area (Å²) in [6.07, 6.45) is 2.87. The molecule has 7 nitrogen and oxygen atoms in total. The van der Waals surface area contributed by atoms with Gasteiger partial charge >= 0.3 is 6.03 Å². The smallest absolute Gasteiger partial charge is 0.327 e. The van der Waals surface area contributed by atoms with Gasteiger partial charge in [-0.25, -0.2) is 9.78 Å². The van der Waals surface area contributed by atoms with Crippen molar-refractivity contribution in [3.05, 3.63) is 16.1 Å². The number of aromatic nitrogens is 1. The van der Waals surface area contributed by atoms with Crippen LogP contribution < -0.4 is 0 Å². The van der Waals surface area contributed by atoms with Crippen LogP contribution in [0, 0.1) is 6.92 Å². The Morgan fingerprint density at radius 3 is 2.78 bits per heavy atom. The third-order valence-corrected chi connectivity index (χ3v) is 5.33. The van der Waals surface area contributed by atoms with Gasteiger partial charge in [-0.3, -0.25) is 14.5 Å². The van der Waals surface area contributed by atoms with Gasteiger partial charge in [0.2, 0.25) is 5.91 Å². The summed E-state index contributed by atoms with van der Waals surface area (Å²) in [4.78, 5) is 45.1. The normalized spacial score (nSPS) is 22.2. The number of carbonyl (C=O) groups is 3. The van der Waals surface area contributed by atoms with Crippen LogP contribution in [0.2, 0.25) is 0 Å². The lowest BCUT2D eigenvalue weighted by Gasteiger charge is -2.35. The summed E-state index contributed by atoms with van der Waals surface area (Å²) in [6.45, 7) is 2.45. The lowest BCUT2D eigenvalue weighted by atomic mass is 10.0. The highest BCUT2D eigenvalue weighted by Crippen LogP contribution is 2.33. The average molecular weight is 336 g/mol. The van der Waals surface area contributed by atoms with E-state index in [1.807, 2.05) is 12.3 Å². The Morgan fingerprint density at radius 2 is 2.17 bits per heavy atom. The fourth-order valence-corrected chi connectivity index (χ4v) is 4.01. The Balaban J connectivity index is 1.74. The van der Waals surface area contributed by atoms with Crippen LogP contribution in [0.1, 0.15) is 36.0 Å². The lowest BCUT2D eigenvalue weighted by molar-refractivity contribution is -0.139. The van der Waals surface area contributed by atoms with E-state index in [2.05, 4.69) is 4.98 Å². The summed E-state index contributed by atoms with van der Waals surface area (Å²) in [5, 5.41) is 2.92. The Bertz CT molecular complexity index is 644. The molecular weight excluding hydrogens is 316 g/mol. The van der Waals surface area contributed by atoms with E-state index >= 15 is 0 Å². The first-order valence-electron chi connectivity index (χ1n) is 7.74. The zero-order valence-corrected chi connectivity index (χ0v) is 14.1. The number of rotatable bonds is 3. The largest absolute Gasteiger partial charge is 0.332 e. The highest BCUT2D eigenvalue weighted by molar-refractivity contribution is 7.09. The van der Waals surface area contributed by atoms with Crippen molar-refractivity contribution < 1.29 is 14.4 Å². The second-order valence-electron chi connectivity index (χ2n) is 6.04. The number of likely N-dealkylation sites (tertiary alicyclic amines) is 1. The average Bonchev–Trinajstić information content (AvgIpc) is 3.06.